The summed E-state index contributed by atoms with van der Waals surface area (Å²) >= 11 is 0. The summed E-state index contributed by atoms with van der Waals surface area (Å²) < 4.78 is 16.7. The van der Waals surface area contributed by atoms with Gasteiger partial charge >= 0.3 is 0 Å². The van der Waals surface area contributed by atoms with Gasteiger partial charge in [-0.1, -0.05) is 18.2 Å². The third-order valence-corrected chi connectivity index (χ3v) is 5.38. The maximum Gasteiger partial charge on any atom is 0.273 e. The summed E-state index contributed by atoms with van der Waals surface area (Å²) in [6, 6.07) is 9.10. The fourth-order valence-corrected chi connectivity index (χ4v) is 3.77. The van der Waals surface area contributed by atoms with Crippen LogP contribution >= 0.6 is 0 Å². The fourth-order valence-electron chi connectivity index (χ4n) is 3.77. The van der Waals surface area contributed by atoms with Crippen LogP contribution in [0.5, 0.6) is 0 Å². The lowest BCUT2D eigenvalue weighted by Crippen LogP contribution is -2.37. The summed E-state index contributed by atoms with van der Waals surface area (Å²) in [4.78, 5) is 31.3. The number of benzene rings is 1. The Balaban J connectivity index is 1.40. The molecule has 1 aromatic carbocycles. The third kappa shape index (κ3) is 5.25. The number of nitrogens with one attached hydrogen (secondary N) is 1. The van der Waals surface area contributed by atoms with Crippen molar-refractivity contribution in [1.82, 2.24) is 15.2 Å². The van der Waals surface area contributed by atoms with Crippen LogP contribution in [0, 0.1) is 0 Å². The lowest BCUT2D eigenvalue weighted by Gasteiger charge is -2.24. The maximum atomic E-state index is 13.0. The van der Waals surface area contributed by atoms with Crippen molar-refractivity contribution in [2.45, 2.75) is 44.4 Å². The van der Waals surface area contributed by atoms with E-state index in [9.17, 15) is 9.59 Å². The van der Waals surface area contributed by atoms with E-state index in [0.717, 1.165) is 32.3 Å². The molecule has 0 spiro atoms. The van der Waals surface area contributed by atoms with Crippen LogP contribution < -0.4 is 5.32 Å². The minimum atomic E-state index is -0.305. The number of ether oxygens (including phenoxy) is 2. The molecule has 2 aliphatic rings. The van der Waals surface area contributed by atoms with Crippen molar-refractivity contribution in [3.05, 3.63) is 53.7 Å². The van der Waals surface area contributed by atoms with Crippen LogP contribution in [0.3, 0.4) is 0 Å². The fraction of sp³-hybridized carbons (Fsp3) is 0.500. The first-order valence-electron chi connectivity index (χ1n) is 10.5. The van der Waals surface area contributed by atoms with Crippen molar-refractivity contribution in [2.24, 2.45) is 0 Å². The van der Waals surface area contributed by atoms with Crippen LogP contribution in [0.4, 0.5) is 0 Å². The molecule has 2 fully saturated rings. The molecule has 0 aliphatic carbocycles. The number of oxazole rings is 1. The highest BCUT2D eigenvalue weighted by molar-refractivity contribution is 5.94. The summed E-state index contributed by atoms with van der Waals surface area (Å²) in [7, 11) is 0. The van der Waals surface area contributed by atoms with Crippen molar-refractivity contribution < 1.29 is 23.5 Å². The van der Waals surface area contributed by atoms with Gasteiger partial charge in [-0.3, -0.25) is 9.59 Å². The van der Waals surface area contributed by atoms with Gasteiger partial charge in [0.1, 0.15) is 6.26 Å². The molecular weight excluding hydrogens is 386 g/mol. The second-order valence-corrected chi connectivity index (χ2v) is 7.66. The van der Waals surface area contributed by atoms with Crippen LogP contribution in [0.25, 0.3) is 0 Å². The van der Waals surface area contributed by atoms with Gasteiger partial charge in [-0.2, -0.15) is 0 Å². The molecule has 2 saturated heterocycles. The number of hydrogen-bond donors (Lipinski definition) is 1. The van der Waals surface area contributed by atoms with E-state index >= 15 is 0 Å². The molecule has 2 aromatic rings. The lowest BCUT2D eigenvalue weighted by molar-refractivity contribution is 0.0487. The SMILES string of the molecule is O=C(NCC1CCCO1)c1coc(CN(CC2CCCO2)C(=O)c2ccccc2)n1. The van der Waals surface area contributed by atoms with E-state index in [1.807, 2.05) is 18.2 Å². The predicted molar refractivity (Wildman–Crippen MR) is 108 cm³/mol. The largest absolute Gasteiger partial charge is 0.446 e. The van der Waals surface area contributed by atoms with Gasteiger partial charge in [0.15, 0.2) is 5.69 Å². The summed E-state index contributed by atoms with van der Waals surface area (Å²) in [5.41, 5.74) is 0.795. The molecule has 160 valence electrons. The molecule has 8 nitrogen and oxygen atoms in total. The zero-order valence-corrected chi connectivity index (χ0v) is 16.9. The molecule has 3 heterocycles. The first-order valence-corrected chi connectivity index (χ1v) is 10.5. The first kappa shape index (κ1) is 20.6. The quantitative estimate of drug-likeness (QED) is 0.714. The minimum Gasteiger partial charge on any atom is -0.446 e. The zero-order chi connectivity index (χ0) is 20.8. The molecule has 1 aromatic heterocycles. The second-order valence-electron chi connectivity index (χ2n) is 7.66. The Morgan fingerprint density at radius 2 is 1.80 bits per heavy atom. The van der Waals surface area contributed by atoms with Gasteiger partial charge < -0.3 is 24.1 Å². The molecule has 0 radical (unpaired) electrons. The summed E-state index contributed by atoms with van der Waals surface area (Å²) in [6.45, 7) is 2.54. The van der Waals surface area contributed by atoms with Crippen molar-refractivity contribution >= 4 is 11.8 Å². The van der Waals surface area contributed by atoms with Gasteiger partial charge in [-0.05, 0) is 37.8 Å². The van der Waals surface area contributed by atoms with Crippen LogP contribution in [0.1, 0.15) is 52.4 Å². The molecular formula is C22H27N3O5. The van der Waals surface area contributed by atoms with E-state index in [1.165, 1.54) is 6.26 Å². The third-order valence-electron chi connectivity index (χ3n) is 5.38. The van der Waals surface area contributed by atoms with Crippen molar-refractivity contribution in [3.8, 4) is 0 Å². The Morgan fingerprint density at radius 1 is 1.07 bits per heavy atom. The highest BCUT2D eigenvalue weighted by atomic mass is 16.5. The number of carbonyl (C=O) groups is 2. The van der Waals surface area contributed by atoms with Crippen molar-refractivity contribution in [1.29, 1.82) is 0 Å². The Morgan fingerprint density at radius 3 is 2.50 bits per heavy atom. The standard InChI is InChI=1S/C22H27N3O5/c26-21(23-12-17-8-4-10-28-17)19-15-30-20(24-19)14-25(13-18-9-5-11-29-18)22(27)16-6-2-1-3-7-16/h1-3,6-7,15,17-18H,4-5,8-14H2,(H,23,26). The summed E-state index contributed by atoms with van der Waals surface area (Å²) in [5.74, 6) is -0.103. The van der Waals surface area contributed by atoms with Gasteiger partial charge in [0.05, 0.1) is 18.8 Å². The number of hydrogen-bond acceptors (Lipinski definition) is 6. The van der Waals surface area contributed by atoms with E-state index in [-0.39, 0.29) is 36.3 Å². The minimum absolute atomic E-state index is 0.00167. The molecule has 0 saturated carbocycles. The topological polar surface area (TPSA) is 93.9 Å². The average Bonchev–Trinajstić information content (AvgIpc) is 3.55. The van der Waals surface area contributed by atoms with Crippen LogP contribution in [-0.4, -0.2) is 60.2 Å². The molecule has 1 N–H and O–H groups in total. The molecule has 2 unspecified atom stereocenters. The van der Waals surface area contributed by atoms with E-state index < -0.39 is 0 Å². The van der Waals surface area contributed by atoms with Crippen molar-refractivity contribution in [2.75, 3.05) is 26.3 Å². The number of amides is 2. The van der Waals surface area contributed by atoms with Crippen LogP contribution in [0.2, 0.25) is 0 Å². The highest BCUT2D eigenvalue weighted by Crippen LogP contribution is 2.17. The highest BCUT2D eigenvalue weighted by Gasteiger charge is 2.25. The van der Waals surface area contributed by atoms with Gasteiger partial charge in [0.2, 0.25) is 5.89 Å². The molecule has 0 bridgehead atoms. The molecule has 2 aliphatic heterocycles. The van der Waals surface area contributed by atoms with Crippen molar-refractivity contribution in [3.63, 3.8) is 0 Å². The Kier molecular flexibility index (Phi) is 6.76. The smallest absolute Gasteiger partial charge is 0.273 e. The number of rotatable bonds is 8. The molecule has 2 amide bonds. The molecule has 30 heavy (non-hydrogen) atoms. The van der Waals surface area contributed by atoms with Gasteiger partial charge in [0, 0.05) is 31.9 Å². The van der Waals surface area contributed by atoms with E-state index in [2.05, 4.69) is 10.3 Å². The van der Waals surface area contributed by atoms with Crippen LogP contribution in [-0.2, 0) is 16.0 Å². The van der Waals surface area contributed by atoms with Crippen LogP contribution in [0.15, 0.2) is 41.0 Å². The summed E-state index contributed by atoms with van der Waals surface area (Å²) in [5, 5.41) is 2.83. The second kappa shape index (κ2) is 9.86. The zero-order valence-electron chi connectivity index (χ0n) is 16.9. The normalized spacial score (nSPS) is 20.9. The summed E-state index contributed by atoms with van der Waals surface area (Å²) in [6.07, 6.45) is 5.27. The van der Waals surface area contributed by atoms with Gasteiger partial charge in [-0.15, -0.1) is 0 Å². The number of carbonyl (C=O) groups excluding carboxylic acids is 2. The predicted octanol–water partition coefficient (Wildman–Crippen LogP) is 2.40. The number of aromatic nitrogens is 1. The first-order chi connectivity index (χ1) is 14.7. The van der Waals surface area contributed by atoms with E-state index in [4.69, 9.17) is 13.9 Å². The maximum absolute atomic E-state index is 13.0. The molecule has 2 atom stereocenters. The van der Waals surface area contributed by atoms with Gasteiger partial charge in [0.25, 0.3) is 11.8 Å². The van der Waals surface area contributed by atoms with E-state index in [1.54, 1.807) is 17.0 Å². The van der Waals surface area contributed by atoms with E-state index in [0.29, 0.717) is 31.2 Å². The number of nitrogens with zero attached hydrogens (tertiary/aromatic N) is 2. The monoisotopic (exact) mass is 413 g/mol. The Bertz CT molecular complexity index is 841. The Hall–Kier alpha value is -2.71. The average molecular weight is 413 g/mol. The molecule has 8 heteroatoms. The molecule has 4 rings (SSSR count). The van der Waals surface area contributed by atoms with Gasteiger partial charge in [-0.25, -0.2) is 4.98 Å². The lowest BCUT2D eigenvalue weighted by atomic mass is 10.1. The Labute approximate surface area is 175 Å².